The Morgan fingerprint density at radius 3 is 3.06 bits per heavy atom. The summed E-state index contributed by atoms with van der Waals surface area (Å²) in [6, 6.07) is -0.413. The average Bonchev–Trinajstić information content (AvgIpc) is 3.17. The third kappa shape index (κ3) is 3.45. The lowest BCUT2D eigenvalue weighted by Gasteiger charge is -2.31. The second kappa shape index (κ2) is 7.95. The molecule has 0 aromatic carbocycles. The number of aromatic nitrogens is 3. The quantitative estimate of drug-likeness (QED) is 0.620. The van der Waals surface area contributed by atoms with Crippen LogP contribution in [0.1, 0.15) is 19.3 Å². The number of fused-ring (bicyclic) bond motifs is 3. The molecule has 4 atom stereocenters. The van der Waals surface area contributed by atoms with Crippen LogP contribution in [0.3, 0.4) is 0 Å². The number of hydrogen-bond donors (Lipinski definition) is 0. The number of nitrogens with zero attached hydrogens (tertiary/aromatic N) is 5. The number of hydrogen-bond acceptors (Lipinski definition) is 7. The minimum Gasteiger partial charge on any atom is -0.461 e. The smallest absolute Gasteiger partial charge is 0.319 e. The highest BCUT2D eigenvalue weighted by Crippen LogP contribution is 2.45. The first-order valence-corrected chi connectivity index (χ1v) is 11.5. The molecular weight excluding hydrogens is 459 g/mol. The first kappa shape index (κ1) is 21.4. The zero-order valence-corrected chi connectivity index (χ0v) is 18.6. The van der Waals surface area contributed by atoms with E-state index in [1.807, 2.05) is 0 Å². The molecule has 0 bridgehead atoms. The molecule has 33 heavy (non-hydrogen) atoms. The third-order valence-corrected chi connectivity index (χ3v) is 7.63. The molecule has 3 aliphatic heterocycles. The molecule has 0 unspecified atom stereocenters. The topological polar surface area (TPSA) is 63.6 Å². The Labute approximate surface area is 193 Å². The minimum atomic E-state index is -1.04. The summed E-state index contributed by atoms with van der Waals surface area (Å²) in [5.74, 6) is -0.667. The molecule has 7 nitrogen and oxygen atoms in total. The van der Waals surface area contributed by atoms with Gasteiger partial charge < -0.3 is 14.4 Å². The lowest BCUT2D eigenvalue weighted by atomic mass is 9.94. The van der Waals surface area contributed by atoms with Crippen LogP contribution in [0.15, 0.2) is 18.1 Å². The molecule has 1 aliphatic carbocycles. The molecule has 11 heteroatoms. The summed E-state index contributed by atoms with van der Waals surface area (Å²) in [6.07, 6.45) is 3.48. The van der Waals surface area contributed by atoms with E-state index >= 15 is 0 Å². The Balaban J connectivity index is 1.37. The molecule has 176 valence electrons. The molecule has 4 fully saturated rings. The number of ether oxygens (including phenoxy) is 2. The fourth-order valence-corrected chi connectivity index (χ4v) is 5.76. The predicted molar refractivity (Wildman–Crippen MR) is 115 cm³/mol. The number of alkyl halides is 1. The average molecular weight is 482 g/mol. The van der Waals surface area contributed by atoms with Crippen LogP contribution in [0.4, 0.5) is 19.0 Å². The molecule has 3 saturated heterocycles. The van der Waals surface area contributed by atoms with Crippen LogP contribution in [0, 0.1) is 11.7 Å². The lowest BCUT2D eigenvalue weighted by molar-refractivity contribution is 0.108. The highest BCUT2D eigenvalue weighted by molar-refractivity contribution is 6.30. The van der Waals surface area contributed by atoms with Gasteiger partial charge in [0.25, 0.3) is 0 Å². The molecule has 6 rings (SSSR count). The van der Waals surface area contributed by atoms with Crippen molar-refractivity contribution in [2.75, 3.05) is 44.4 Å². The summed E-state index contributed by atoms with van der Waals surface area (Å²) < 4.78 is 54.1. The molecule has 4 aliphatic rings. The van der Waals surface area contributed by atoms with Gasteiger partial charge in [0.2, 0.25) is 0 Å². The van der Waals surface area contributed by atoms with Crippen LogP contribution in [0.25, 0.3) is 10.9 Å². The largest absolute Gasteiger partial charge is 0.461 e. The standard InChI is InChI=1S/C22H23ClF3N5O2/c23-19-16(26)17-13(8-27-19)20(31-4-5-32-10-14-15(25)18(14)31)29-21(28-17)33-11-22-2-1-3-30(22)9-12(6-22)7-24/h7-8,14-15,18H,1-6,9-11H2/b12-7-/t14-,15-,18+,22-/m0/s1. The number of pyridine rings is 1. The molecule has 2 aromatic heterocycles. The third-order valence-electron chi connectivity index (χ3n) is 7.37. The van der Waals surface area contributed by atoms with Crippen molar-refractivity contribution < 1.29 is 22.6 Å². The highest BCUT2D eigenvalue weighted by atomic mass is 35.5. The van der Waals surface area contributed by atoms with Gasteiger partial charge in [0.1, 0.15) is 24.1 Å². The molecule has 5 heterocycles. The van der Waals surface area contributed by atoms with Gasteiger partial charge in [0, 0.05) is 25.2 Å². The van der Waals surface area contributed by atoms with Gasteiger partial charge in [-0.3, -0.25) is 4.90 Å². The Morgan fingerprint density at radius 2 is 2.21 bits per heavy atom. The summed E-state index contributed by atoms with van der Waals surface area (Å²) in [7, 11) is 0. The normalized spacial score (nSPS) is 32.8. The SMILES string of the molecule is F/C=C1\CN2CCC[C@@]2(COc2nc(N3CCOC[C@H]4[C@H](F)[C@@H]43)c3cnc(Cl)c(F)c3n2)C1. The number of rotatable bonds is 4. The fourth-order valence-electron chi connectivity index (χ4n) is 5.62. The first-order chi connectivity index (χ1) is 16.0. The summed E-state index contributed by atoms with van der Waals surface area (Å²) >= 11 is 5.92. The Kier molecular flexibility index (Phi) is 5.15. The van der Waals surface area contributed by atoms with E-state index in [0.717, 1.165) is 25.0 Å². The summed E-state index contributed by atoms with van der Waals surface area (Å²) in [5.41, 5.74) is 0.386. The second-order valence-corrected chi connectivity index (χ2v) is 9.66. The fraction of sp³-hybridized carbons (Fsp3) is 0.591. The van der Waals surface area contributed by atoms with Crippen molar-refractivity contribution in [1.82, 2.24) is 19.9 Å². The van der Waals surface area contributed by atoms with E-state index in [-0.39, 0.29) is 34.7 Å². The van der Waals surface area contributed by atoms with Crippen molar-refractivity contribution in [3.63, 3.8) is 0 Å². The van der Waals surface area contributed by atoms with Gasteiger partial charge in [-0.05, 0) is 31.4 Å². The van der Waals surface area contributed by atoms with Crippen molar-refractivity contribution >= 4 is 28.3 Å². The predicted octanol–water partition coefficient (Wildman–Crippen LogP) is 3.46. The first-order valence-electron chi connectivity index (χ1n) is 11.2. The number of anilines is 1. The van der Waals surface area contributed by atoms with Gasteiger partial charge in [-0.15, -0.1) is 0 Å². The zero-order valence-electron chi connectivity index (χ0n) is 17.8. The van der Waals surface area contributed by atoms with Crippen LogP contribution in [0.5, 0.6) is 6.01 Å². The van der Waals surface area contributed by atoms with Gasteiger partial charge in [-0.1, -0.05) is 11.6 Å². The maximum atomic E-state index is 14.9. The van der Waals surface area contributed by atoms with Crippen LogP contribution in [-0.4, -0.2) is 77.1 Å². The number of halogens is 4. The van der Waals surface area contributed by atoms with E-state index < -0.39 is 18.0 Å². The van der Waals surface area contributed by atoms with E-state index in [9.17, 15) is 13.2 Å². The monoisotopic (exact) mass is 481 g/mol. The van der Waals surface area contributed by atoms with Crippen LogP contribution < -0.4 is 9.64 Å². The summed E-state index contributed by atoms with van der Waals surface area (Å²) in [5, 5.41) is 0.0345. The molecule has 0 amide bonds. The molecule has 0 radical (unpaired) electrons. The Bertz CT molecular complexity index is 1140. The van der Waals surface area contributed by atoms with Gasteiger partial charge >= 0.3 is 6.01 Å². The van der Waals surface area contributed by atoms with Crippen LogP contribution in [0.2, 0.25) is 5.15 Å². The minimum absolute atomic E-state index is 0.0182. The Hall–Kier alpha value is -2.17. The Morgan fingerprint density at radius 1 is 1.33 bits per heavy atom. The molecular formula is C22H23ClF3N5O2. The molecule has 1 saturated carbocycles. The molecule has 0 spiro atoms. The maximum absolute atomic E-state index is 14.9. The van der Waals surface area contributed by atoms with Gasteiger partial charge in [0.05, 0.1) is 36.5 Å². The van der Waals surface area contributed by atoms with Crippen molar-refractivity contribution in [1.29, 1.82) is 0 Å². The summed E-state index contributed by atoms with van der Waals surface area (Å²) in [4.78, 5) is 16.8. The van der Waals surface area contributed by atoms with Crippen molar-refractivity contribution in [2.24, 2.45) is 5.92 Å². The van der Waals surface area contributed by atoms with Gasteiger partial charge in [0.15, 0.2) is 11.0 Å². The highest BCUT2D eigenvalue weighted by Gasteiger charge is 2.56. The van der Waals surface area contributed by atoms with Gasteiger partial charge in [-0.25, -0.2) is 18.2 Å². The van der Waals surface area contributed by atoms with E-state index in [2.05, 4.69) is 19.9 Å². The van der Waals surface area contributed by atoms with E-state index in [4.69, 9.17) is 21.1 Å². The van der Waals surface area contributed by atoms with Crippen molar-refractivity contribution in [2.45, 2.75) is 37.0 Å². The van der Waals surface area contributed by atoms with E-state index in [0.29, 0.717) is 50.3 Å². The van der Waals surface area contributed by atoms with Crippen LogP contribution in [-0.2, 0) is 4.74 Å². The lowest BCUT2D eigenvalue weighted by Crippen LogP contribution is -2.43. The van der Waals surface area contributed by atoms with Crippen molar-refractivity contribution in [3.05, 3.63) is 29.1 Å². The molecule has 2 aromatic rings. The van der Waals surface area contributed by atoms with Crippen LogP contribution >= 0.6 is 11.6 Å². The van der Waals surface area contributed by atoms with Gasteiger partial charge in [-0.2, -0.15) is 9.97 Å². The zero-order chi connectivity index (χ0) is 22.7. The van der Waals surface area contributed by atoms with E-state index in [1.165, 1.54) is 6.20 Å². The molecule has 0 N–H and O–H groups in total. The van der Waals surface area contributed by atoms with E-state index in [1.54, 1.807) is 4.90 Å². The maximum Gasteiger partial charge on any atom is 0.319 e. The second-order valence-electron chi connectivity index (χ2n) is 9.30. The van der Waals surface area contributed by atoms with Crippen molar-refractivity contribution in [3.8, 4) is 6.01 Å². The summed E-state index contributed by atoms with van der Waals surface area (Å²) in [6.45, 7) is 2.84.